The first-order chi connectivity index (χ1) is 12.5. The lowest BCUT2D eigenvalue weighted by Crippen LogP contribution is -2.36. The summed E-state index contributed by atoms with van der Waals surface area (Å²) >= 11 is 0. The number of aromatic nitrogens is 3. The van der Waals surface area contributed by atoms with E-state index in [1.165, 1.54) is 6.39 Å². The van der Waals surface area contributed by atoms with E-state index in [-0.39, 0.29) is 11.9 Å². The van der Waals surface area contributed by atoms with Gasteiger partial charge in [0.15, 0.2) is 12.2 Å². The Kier molecular flexibility index (Phi) is 4.08. The van der Waals surface area contributed by atoms with Crippen molar-refractivity contribution in [2.45, 2.75) is 12.6 Å². The average Bonchev–Trinajstić information content (AvgIpc) is 3.31. The summed E-state index contributed by atoms with van der Waals surface area (Å²) < 4.78 is 7.33. The summed E-state index contributed by atoms with van der Waals surface area (Å²) in [6, 6.07) is 6.05. The monoisotopic (exact) mass is 351 g/mol. The van der Waals surface area contributed by atoms with E-state index < -0.39 is 0 Å². The molecule has 1 aliphatic rings. The molecule has 4 rings (SSSR count). The maximum atomic E-state index is 12.8. The fraction of sp³-hybridized carbons (Fsp3) is 0.316. The van der Waals surface area contributed by atoms with Gasteiger partial charge in [-0.15, -0.1) is 0 Å². The van der Waals surface area contributed by atoms with Crippen LogP contribution in [-0.4, -0.2) is 51.1 Å². The largest absolute Gasteiger partial charge is 0.446 e. The van der Waals surface area contributed by atoms with Gasteiger partial charge in [-0.3, -0.25) is 9.48 Å². The highest BCUT2D eigenvalue weighted by molar-refractivity contribution is 5.80. The van der Waals surface area contributed by atoms with Gasteiger partial charge in [-0.05, 0) is 36.9 Å². The summed E-state index contributed by atoms with van der Waals surface area (Å²) in [7, 11) is 5.69. The number of likely N-dealkylation sites (N-methyl/N-ethyl adjacent to an activating group) is 1. The molecule has 0 saturated heterocycles. The van der Waals surface area contributed by atoms with Crippen LogP contribution in [0.5, 0.6) is 0 Å². The van der Waals surface area contributed by atoms with Crippen LogP contribution in [0.3, 0.4) is 0 Å². The average molecular weight is 351 g/mol. The number of benzene rings is 1. The molecule has 3 aromatic rings. The van der Waals surface area contributed by atoms with Crippen LogP contribution < -0.4 is 0 Å². The Morgan fingerprint density at radius 2 is 2.15 bits per heavy atom. The van der Waals surface area contributed by atoms with Crippen LogP contribution in [0.2, 0.25) is 0 Å². The number of rotatable bonds is 4. The van der Waals surface area contributed by atoms with Crippen molar-refractivity contribution in [3.63, 3.8) is 0 Å². The molecule has 2 aromatic heterocycles. The third-order valence-electron chi connectivity index (χ3n) is 4.62. The maximum Gasteiger partial charge on any atom is 0.237 e. The van der Waals surface area contributed by atoms with E-state index in [0.717, 1.165) is 22.3 Å². The molecule has 1 atom stereocenters. The minimum absolute atomic E-state index is 0.0653. The number of aryl methyl sites for hydroxylation is 1. The second kappa shape index (κ2) is 6.42. The molecule has 0 spiro atoms. The molecule has 26 heavy (non-hydrogen) atoms. The second-order valence-electron chi connectivity index (χ2n) is 6.88. The quantitative estimate of drug-likeness (QED) is 0.720. The number of hydrogen-bond donors (Lipinski definition) is 0. The number of fused-ring (bicyclic) bond motifs is 1. The second-order valence-corrected chi connectivity index (χ2v) is 6.88. The third-order valence-corrected chi connectivity index (χ3v) is 4.62. The van der Waals surface area contributed by atoms with Gasteiger partial charge < -0.3 is 14.2 Å². The number of carbonyl (C=O) groups is 1. The van der Waals surface area contributed by atoms with Crippen molar-refractivity contribution in [3.05, 3.63) is 60.1 Å². The predicted molar refractivity (Wildman–Crippen MR) is 96.1 cm³/mol. The topological polar surface area (TPSA) is 67.4 Å². The van der Waals surface area contributed by atoms with Crippen molar-refractivity contribution in [1.82, 2.24) is 24.6 Å². The van der Waals surface area contributed by atoms with Crippen LogP contribution in [0, 0.1) is 0 Å². The minimum Gasteiger partial charge on any atom is -0.446 e. The van der Waals surface area contributed by atoms with Crippen molar-refractivity contribution >= 4 is 5.91 Å². The summed E-state index contributed by atoms with van der Waals surface area (Å²) in [5.74, 6) is 0.750. The van der Waals surface area contributed by atoms with Crippen molar-refractivity contribution < 1.29 is 9.21 Å². The first-order valence-corrected chi connectivity index (χ1v) is 8.47. The Balaban J connectivity index is 1.73. The summed E-state index contributed by atoms with van der Waals surface area (Å²) in [5.41, 5.74) is 4.36. The van der Waals surface area contributed by atoms with Crippen molar-refractivity contribution in [2.24, 2.45) is 7.05 Å². The lowest BCUT2D eigenvalue weighted by Gasteiger charge is -2.25. The highest BCUT2D eigenvalue weighted by atomic mass is 16.3. The highest BCUT2D eigenvalue weighted by Gasteiger charge is 2.36. The first-order valence-electron chi connectivity index (χ1n) is 8.47. The zero-order valence-corrected chi connectivity index (χ0v) is 15.1. The summed E-state index contributed by atoms with van der Waals surface area (Å²) in [6.45, 7) is 0.912. The Morgan fingerprint density at radius 3 is 2.81 bits per heavy atom. The first kappa shape index (κ1) is 16.5. The number of amides is 1. The van der Waals surface area contributed by atoms with Gasteiger partial charge in [0.25, 0.3) is 0 Å². The smallest absolute Gasteiger partial charge is 0.237 e. The Bertz CT molecular complexity index is 929. The molecule has 0 fully saturated rings. The molecule has 3 heterocycles. The van der Waals surface area contributed by atoms with E-state index in [2.05, 4.69) is 28.3 Å². The van der Waals surface area contributed by atoms with Crippen molar-refractivity contribution in [2.75, 3.05) is 20.6 Å². The molecule has 0 bridgehead atoms. The van der Waals surface area contributed by atoms with Gasteiger partial charge in [-0.1, -0.05) is 12.1 Å². The molecule has 1 amide bonds. The van der Waals surface area contributed by atoms with E-state index in [4.69, 9.17) is 4.42 Å². The zero-order chi connectivity index (χ0) is 18.3. The van der Waals surface area contributed by atoms with Crippen LogP contribution >= 0.6 is 0 Å². The summed E-state index contributed by atoms with van der Waals surface area (Å²) in [4.78, 5) is 20.6. The Morgan fingerprint density at radius 1 is 1.31 bits per heavy atom. The van der Waals surface area contributed by atoms with Gasteiger partial charge in [0.1, 0.15) is 6.04 Å². The molecule has 1 aromatic carbocycles. The van der Waals surface area contributed by atoms with E-state index in [1.807, 2.05) is 43.3 Å². The highest BCUT2D eigenvalue weighted by Crippen LogP contribution is 2.40. The van der Waals surface area contributed by atoms with Gasteiger partial charge in [0, 0.05) is 25.4 Å². The molecule has 0 saturated carbocycles. The van der Waals surface area contributed by atoms with Crippen LogP contribution in [0.25, 0.3) is 11.1 Å². The van der Waals surface area contributed by atoms with Crippen molar-refractivity contribution in [1.29, 1.82) is 0 Å². The number of nitrogens with zero attached hydrogens (tertiary/aromatic N) is 5. The van der Waals surface area contributed by atoms with Crippen molar-refractivity contribution in [3.8, 4) is 11.1 Å². The number of carbonyl (C=O) groups excluding carboxylic acids is 1. The minimum atomic E-state index is -0.233. The molecule has 0 N–H and O–H groups in total. The van der Waals surface area contributed by atoms with Crippen LogP contribution in [0.1, 0.15) is 22.9 Å². The Labute approximate surface area is 151 Å². The summed E-state index contributed by atoms with van der Waals surface area (Å²) in [6.07, 6.45) is 6.93. The third kappa shape index (κ3) is 2.90. The van der Waals surface area contributed by atoms with E-state index in [1.54, 1.807) is 10.9 Å². The molecule has 0 aliphatic carbocycles. The molecular formula is C19H21N5O2. The maximum absolute atomic E-state index is 12.8. The molecule has 7 nitrogen and oxygen atoms in total. The van der Waals surface area contributed by atoms with Crippen LogP contribution in [0.4, 0.5) is 0 Å². The normalized spacial score (nSPS) is 16.3. The standard InChI is InChI=1S/C19H21N5O2/c1-22(2)11-18(25)24-10-14-6-13(15-7-21-23(3)9-15)4-5-16(14)19(24)17-8-20-12-26-17/h4-9,12,19H,10-11H2,1-3H3. The van der Waals surface area contributed by atoms with Gasteiger partial charge in [-0.25, -0.2) is 4.98 Å². The SMILES string of the molecule is CN(C)CC(=O)N1Cc2cc(-c3cnn(C)c3)ccc2C1c1cnco1. The molecule has 1 unspecified atom stereocenters. The van der Waals surface area contributed by atoms with Crippen LogP contribution in [0.15, 0.2) is 47.6 Å². The molecule has 134 valence electrons. The molecule has 7 heteroatoms. The van der Waals surface area contributed by atoms with E-state index in [0.29, 0.717) is 18.8 Å². The van der Waals surface area contributed by atoms with Crippen LogP contribution in [-0.2, 0) is 18.4 Å². The number of oxazole rings is 1. The molecule has 0 radical (unpaired) electrons. The Hall–Kier alpha value is -2.93. The molecular weight excluding hydrogens is 330 g/mol. The lowest BCUT2D eigenvalue weighted by atomic mass is 9.99. The lowest BCUT2D eigenvalue weighted by molar-refractivity contribution is -0.133. The van der Waals surface area contributed by atoms with Gasteiger partial charge in [0.05, 0.1) is 18.9 Å². The zero-order valence-electron chi connectivity index (χ0n) is 15.1. The molecule has 1 aliphatic heterocycles. The summed E-state index contributed by atoms with van der Waals surface area (Å²) in [5, 5.41) is 4.24. The van der Waals surface area contributed by atoms with Gasteiger partial charge in [0.2, 0.25) is 5.91 Å². The predicted octanol–water partition coefficient (Wildman–Crippen LogP) is 2.07. The van der Waals surface area contributed by atoms with E-state index >= 15 is 0 Å². The van der Waals surface area contributed by atoms with Gasteiger partial charge in [-0.2, -0.15) is 5.10 Å². The van der Waals surface area contributed by atoms with Gasteiger partial charge >= 0.3 is 0 Å². The number of hydrogen-bond acceptors (Lipinski definition) is 5. The fourth-order valence-corrected chi connectivity index (χ4v) is 3.46. The van der Waals surface area contributed by atoms with E-state index in [9.17, 15) is 4.79 Å². The fourth-order valence-electron chi connectivity index (χ4n) is 3.46.